The van der Waals surface area contributed by atoms with Gasteiger partial charge in [-0.05, 0) is 11.6 Å². The highest BCUT2D eigenvalue weighted by atomic mass is 16.5. The van der Waals surface area contributed by atoms with Crippen LogP contribution in [0.4, 0.5) is 5.82 Å². The molecule has 84 valence electrons. The first-order valence-corrected chi connectivity index (χ1v) is 5.12. The monoisotopic (exact) mass is 220 g/mol. The third-order valence-corrected chi connectivity index (χ3v) is 2.84. The zero-order chi connectivity index (χ0) is 11.1. The molecule has 0 bridgehead atoms. The SMILES string of the molecule is COCc1cc2onc(N)c2c2c1CCO2. The first-order chi connectivity index (χ1) is 7.81. The molecule has 1 aromatic heterocycles. The Bertz CT molecular complexity index is 548. The molecule has 1 aliphatic rings. The van der Waals surface area contributed by atoms with Crippen LogP contribution < -0.4 is 10.5 Å². The molecular weight excluding hydrogens is 208 g/mol. The van der Waals surface area contributed by atoms with Gasteiger partial charge in [0.15, 0.2) is 11.4 Å². The van der Waals surface area contributed by atoms with Crippen LogP contribution in [0.5, 0.6) is 5.75 Å². The summed E-state index contributed by atoms with van der Waals surface area (Å²) in [5.41, 5.74) is 8.65. The molecule has 1 aliphatic heterocycles. The van der Waals surface area contributed by atoms with Crippen LogP contribution in [0, 0.1) is 0 Å². The number of nitrogens with zero attached hydrogens (tertiary/aromatic N) is 1. The maximum atomic E-state index is 5.76. The quantitative estimate of drug-likeness (QED) is 0.830. The van der Waals surface area contributed by atoms with Crippen molar-refractivity contribution in [2.24, 2.45) is 0 Å². The number of methoxy groups -OCH3 is 1. The summed E-state index contributed by atoms with van der Waals surface area (Å²) in [6.07, 6.45) is 0.884. The summed E-state index contributed by atoms with van der Waals surface area (Å²) in [6.45, 7) is 1.22. The molecule has 16 heavy (non-hydrogen) atoms. The molecule has 2 N–H and O–H groups in total. The number of nitrogen functional groups attached to an aromatic ring is 1. The Morgan fingerprint density at radius 1 is 1.56 bits per heavy atom. The predicted molar refractivity (Wildman–Crippen MR) is 58.3 cm³/mol. The van der Waals surface area contributed by atoms with E-state index in [-0.39, 0.29) is 0 Å². The highest BCUT2D eigenvalue weighted by Gasteiger charge is 2.23. The van der Waals surface area contributed by atoms with Crippen molar-refractivity contribution >= 4 is 16.8 Å². The molecule has 2 aromatic rings. The molecule has 0 amide bonds. The predicted octanol–water partition coefficient (Wildman–Crippen LogP) is 1.49. The average Bonchev–Trinajstić information content (AvgIpc) is 2.85. The van der Waals surface area contributed by atoms with Crippen molar-refractivity contribution < 1.29 is 14.0 Å². The summed E-state index contributed by atoms with van der Waals surface area (Å²) >= 11 is 0. The number of aromatic nitrogens is 1. The topological polar surface area (TPSA) is 70.5 Å². The molecule has 0 saturated heterocycles. The zero-order valence-electron chi connectivity index (χ0n) is 8.95. The van der Waals surface area contributed by atoms with Crippen molar-refractivity contribution in [2.75, 3.05) is 19.5 Å². The Morgan fingerprint density at radius 2 is 2.44 bits per heavy atom. The Kier molecular flexibility index (Phi) is 2.00. The van der Waals surface area contributed by atoms with Gasteiger partial charge < -0.3 is 19.7 Å². The minimum Gasteiger partial charge on any atom is -0.492 e. The van der Waals surface area contributed by atoms with Crippen LogP contribution in [0.2, 0.25) is 0 Å². The van der Waals surface area contributed by atoms with Crippen LogP contribution in [0.15, 0.2) is 10.6 Å². The van der Waals surface area contributed by atoms with Gasteiger partial charge in [-0.15, -0.1) is 0 Å². The minimum absolute atomic E-state index is 0.386. The summed E-state index contributed by atoms with van der Waals surface area (Å²) in [5.74, 6) is 1.19. The molecule has 1 aromatic carbocycles. The summed E-state index contributed by atoms with van der Waals surface area (Å²) in [7, 11) is 1.67. The smallest absolute Gasteiger partial charge is 0.178 e. The van der Waals surface area contributed by atoms with E-state index in [9.17, 15) is 0 Å². The van der Waals surface area contributed by atoms with Gasteiger partial charge in [-0.1, -0.05) is 5.16 Å². The zero-order valence-corrected chi connectivity index (χ0v) is 8.95. The van der Waals surface area contributed by atoms with E-state index >= 15 is 0 Å². The Labute approximate surface area is 92.1 Å². The van der Waals surface area contributed by atoms with E-state index in [0.29, 0.717) is 24.6 Å². The Morgan fingerprint density at radius 3 is 3.25 bits per heavy atom. The molecule has 0 unspecified atom stereocenters. The van der Waals surface area contributed by atoms with E-state index < -0.39 is 0 Å². The lowest BCUT2D eigenvalue weighted by molar-refractivity contribution is 0.184. The first kappa shape index (κ1) is 9.47. The normalized spacial score (nSPS) is 14.1. The number of fused-ring (bicyclic) bond motifs is 3. The molecule has 3 rings (SSSR count). The molecule has 5 heteroatoms. The fraction of sp³-hybridized carbons (Fsp3) is 0.364. The van der Waals surface area contributed by atoms with Gasteiger partial charge in [-0.2, -0.15) is 0 Å². The number of nitrogens with two attached hydrogens (primary N) is 1. The molecular formula is C11H12N2O3. The minimum atomic E-state index is 0.386. The fourth-order valence-electron chi connectivity index (χ4n) is 2.16. The second-order valence-corrected chi connectivity index (χ2v) is 3.82. The summed E-state index contributed by atoms with van der Waals surface area (Å²) in [6, 6.07) is 1.93. The van der Waals surface area contributed by atoms with Crippen molar-refractivity contribution in [2.45, 2.75) is 13.0 Å². The third kappa shape index (κ3) is 1.18. The Balaban J connectivity index is 2.31. The van der Waals surface area contributed by atoms with Crippen LogP contribution in [0.25, 0.3) is 11.0 Å². The van der Waals surface area contributed by atoms with Gasteiger partial charge in [0.2, 0.25) is 0 Å². The van der Waals surface area contributed by atoms with Crippen molar-refractivity contribution in [3.63, 3.8) is 0 Å². The number of hydrogen-bond acceptors (Lipinski definition) is 5. The lowest BCUT2D eigenvalue weighted by Gasteiger charge is -2.06. The molecule has 0 saturated carbocycles. The summed E-state index contributed by atoms with van der Waals surface area (Å²) in [4.78, 5) is 0. The molecule has 0 spiro atoms. The van der Waals surface area contributed by atoms with Crippen LogP contribution in [-0.4, -0.2) is 18.9 Å². The van der Waals surface area contributed by atoms with Crippen LogP contribution in [0.3, 0.4) is 0 Å². The van der Waals surface area contributed by atoms with Gasteiger partial charge in [0.1, 0.15) is 11.1 Å². The van der Waals surface area contributed by atoms with Crippen LogP contribution in [-0.2, 0) is 17.8 Å². The maximum absolute atomic E-state index is 5.76. The molecule has 5 nitrogen and oxygen atoms in total. The largest absolute Gasteiger partial charge is 0.492 e. The van der Waals surface area contributed by atoms with Gasteiger partial charge in [0.05, 0.1) is 13.2 Å². The van der Waals surface area contributed by atoms with E-state index in [1.54, 1.807) is 7.11 Å². The number of anilines is 1. The van der Waals surface area contributed by atoms with Crippen LogP contribution in [0.1, 0.15) is 11.1 Å². The number of rotatable bonds is 2. The number of benzene rings is 1. The van der Waals surface area contributed by atoms with Gasteiger partial charge in [0.25, 0.3) is 0 Å². The van der Waals surface area contributed by atoms with E-state index in [4.69, 9.17) is 19.7 Å². The van der Waals surface area contributed by atoms with Crippen molar-refractivity contribution in [3.8, 4) is 5.75 Å². The average molecular weight is 220 g/mol. The molecule has 2 heterocycles. The van der Waals surface area contributed by atoms with Gasteiger partial charge in [0, 0.05) is 19.1 Å². The molecule has 0 fully saturated rings. The molecule has 0 aliphatic carbocycles. The van der Waals surface area contributed by atoms with Gasteiger partial charge in [-0.3, -0.25) is 0 Å². The molecule has 0 radical (unpaired) electrons. The highest BCUT2D eigenvalue weighted by Crippen LogP contribution is 2.39. The van der Waals surface area contributed by atoms with Gasteiger partial charge in [-0.25, -0.2) is 0 Å². The second-order valence-electron chi connectivity index (χ2n) is 3.82. The van der Waals surface area contributed by atoms with E-state index in [1.165, 1.54) is 0 Å². The number of ether oxygens (including phenoxy) is 2. The van der Waals surface area contributed by atoms with Crippen LogP contribution >= 0.6 is 0 Å². The standard InChI is InChI=1S/C11H12N2O3/c1-14-5-6-4-8-9(11(12)13-16-8)10-7(6)2-3-15-10/h4H,2-3,5H2,1H3,(H2,12,13). The van der Waals surface area contributed by atoms with Crippen molar-refractivity contribution in [1.82, 2.24) is 5.16 Å². The first-order valence-electron chi connectivity index (χ1n) is 5.12. The van der Waals surface area contributed by atoms with E-state index in [2.05, 4.69) is 5.16 Å². The molecule has 0 atom stereocenters. The third-order valence-electron chi connectivity index (χ3n) is 2.84. The highest BCUT2D eigenvalue weighted by molar-refractivity contribution is 5.95. The van der Waals surface area contributed by atoms with Crippen molar-refractivity contribution in [3.05, 3.63) is 17.2 Å². The lowest BCUT2D eigenvalue weighted by Crippen LogP contribution is -1.94. The summed E-state index contributed by atoms with van der Waals surface area (Å²) in [5, 5.41) is 4.54. The number of hydrogen-bond donors (Lipinski definition) is 1. The van der Waals surface area contributed by atoms with Gasteiger partial charge >= 0.3 is 0 Å². The maximum Gasteiger partial charge on any atom is 0.178 e. The van der Waals surface area contributed by atoms with E-state index in [1.807, 2.05) is 6.07 Å². The second kappa shape index (κ2) is 3.38. The summed E-state index contributed by atoms with van der Waals surface area (Å²) < 4.78 is 15.9. The Hall–Kier alpha value is -1.75. The van der Waals surface area contributed by atoms with E-state index in [0.717, 1.165) is 28.7 Å². The lowest BCUT2D eigenvalue weighted by atomic mass is 10.0. The fourth-order valence-corrected chi connectivity index (χ4v) is 2.16. The van der Waals surface area contributed by atoms with Crippen molar-refractivity contribution in [1.29, 1.82) is 0 Å².